The van der Waals surface area contributed by atoms with Crippen molar-refractivity contribution in [2.24, 2.45) is 0 Å². The second-order valence-corrected chi connectivity index (χ2v) is 3.01. The zero-order valence-corrected chi connectivity index (χ0v) is 11.4. The van der Waals surface area contributed by atoms with Gasteiger partial charge in [0, 0.05) is 0 Å². The quantitative estimate of drug-likeness (QED) is 0.544. The number of pyridine rings is 1. The average Bonchev–Trinajstić information content (AvgIpc) is 2.46. The summed E-state index contributed by atoms with van der Waals surface area (Å²) >= 11 is 0. The van der Waals surface area contributed by atoms with Gasteiger partial charge in [0.2, 0.25) is 0 Å². The van der Waals surface area contributed by atoms with Crippen LogP contribution < -0.4 is 56.8 Å². The molecule has 2 aromatic rings. The number of hydrogen-bond donors (Lipinski definition) is 0. The molecule has 0 spiro atoms. The van der Waals surface area contributed by atoms with Gasteiger partial charge in [-0.3, -0.25) is 4.40 Å². The van der Waals surface area contributed by atoms with Gasteiger partial charge < -0.3 is 12.9 Å². The molecule has 0 atom stereocenters. The summed E-state index contributed by atoms with van der Waals surface area (Å²) in [7, 11) is 0. The summed E-state index contributed by atoms with van der Waals surface area (Å²) in [6.45, 7) is -3.35. The maximum atomic E-state index is 12.4. The number of halogens is 3. The van der Waals surface area contributed by atoms with E-state index in [-0.39, 0.29) is 51.4 Å². The first-order valence-electron chi connectivity index (χ1n) is 4.00. The number of rotatable bonds is 1. The Kier molecular flexibility index (Phi) is 3.99. The number of hydrogen-bond acceptors (Lipinski definition) is 2. The van der Waals surface area contributed by atoms with Crippen LogP contribution >= 0.6 is 0 Å². The molecule has 0 fully saturated rings. The van der Waals surface area contributed by atoms with Crippen molar-refractivity contribution in [3.63, 3.8) is 0 Å². The molecule has 0 saturated carbocycles. The van der Waals surface area contributed by atoms with Gasteiger partial charge in [-0.25, -0.2) is 0 Å². The van der Waals surface area contributed by atoms with Crippen LogP contribution in [0.25, 0.3) is 5.65 Å². The summed E-state index contributed by atoms with van der Waals surface area (Å²) in [6, 6.07) is 2.33. The second kappa shape index (κ2) is 4.54. The number of aromatic nitrogens is 3. The Bertz CT molecular complexity index is 482. The number of nitrogens with zero attached hydrogens (tertiary/aromatic N) is 3. The van der Waals surface area contributed by atoms with Crippen molar-refractivity contribution in [2.45, 2.75) is 6.92 Å². The summed E-state index contributed by atoms with van der Waals surface area (Å²) in [5, 5.41) is 7.37. The summed E-state index contributed by atoms with van der Waals surface area (Å²) in [6.07, 6.45) is 1.02. The third kappa shape index (κ3) is 2.62. The van der Waals surface area contributed by atoms with Gasteiger partial charge in [0.15, 0.2) is 5.65 Å². The minimum atomic E-state index is -4.96. The third-order valence-electron chi connectivity index (χ3n) is 1.97. The van der Waals surface area contributed by atoms with E-state index in [2.05, 4.69) is 10.2 Å². The normalized spacial score (nSPS) is 11.5. The molecule has 0 bridgehead atoms. The topological polar surface area (TPSA) is 30.2 Å². The molecular formula is C7H6BF3KN3. The van der Waals surface area contributed by atoms with E-state index >= 15 is 0 Å². The summed E-state index contributed by atoms with van der Waals surface area (Å²) in [5.74, 6) is 0.446. The Balaban J connectivity index is 0.00000112. The molecule has 0 saturated heterocycles. The SMILES string of the molecule is Cc1nnc2ccc([B-](F)(F)F)cn12.[K+]. The van der Waals surface area contributed by atoms with Crippen LogP contribution in [0.3, 0.4) is 0 Å². The molecule has 2 heterocycles. The Hall–Kier alpha value is 0.111. The second-order valence-electron chi connectivity index (χ2n) is 3.01. The predicted molar refractivity (Wildman–Crippen MR) is 46.4 cm³/mol. The summed E-state index contributed by atoms with van der Waals surface area (Å²) in [5.41, 5.74) is -0.216. The van der Waals surface area contributed by atoms with Gasteiger partial charge in [-0.1, -0.05) is 11.5 Å². The first-order chi connectivity index (χ1) is 6.48. The van der Waals surface area contributed by atoms with Crippen molar-refractivity contribution in [3.05, 3.63) is 24.2 Å². The molecule has 2 rings (SSSR count). The van der Waals surface area contributed by atoms with Crippen LogP contribution in [0.15, 0.2) is 18.3 Å². The fourth-order valence-corrected chi connectivity index (χ4v) is 1.22. The minimum absolute atomic E-state index is 0. The van der Waals surface area contributed by atoms with Crippen LogP contribution in [0, 0.1) is 6.92 Å². The largest absolute Gasteiger partial charge is 1.00 e. The Morgan fingerprint density at radius 3 is 2.47 bits per heavy atom. The van der Waals surface area contributed by atoms with Crippen LogP contribution in [0.2, 0.25) is 0 Å². The molecule has 0 radical (unpaired) electrons. The monoisotopic (exact) mass is 239 g/mol. The van der Waals surface area contributed by atoms with E-state index in [4.69, 9.17) is 0 Å². The smallest absolute Gasteiger partial charge is 0.445 e. The Morgan fingerprint density at radius 2 is 1.87 bits per heavy atom. The van der Waals surface area contributed by atoms with E-state index in [9.17, 15) is 12.9 Å². The zero-order valence-electron chi connectivity index (χ0n) is 8.28. The molecule has 8 heteroatoms. The fraction of sp³-hybridized carbons (Fsp3) is 0.143. The van der Waals surface area contributed by atoms with Crippen molar-refractivity contribution in [1.82, 2.24) is 14.6 Å². The van der Waals surface area contributed by atoms with E-state index in [1.165, 1.54) is 10.5 Å². The molecular weight excluding hydrogens is 233 g/mol. The molecule has 0 aliphatic heterocycles. The molecule has 0 unspecified atom stereocenters. The molecule has 0 aliphatic carbocycles. The standard InChI is InChI=1S/C7H6BF3N3.K/c1-5-12-13-7-3-2-6(4-14(5)7)8(9,10)11;/h2-4H,1H3;/q-1;+1. The van der Waals surface area contributed by atoms with Crippen LogP contribution in [0.5, 0.6) is 0 Å². The number of aryl methyl sites for hydroxylation is 1. The van der Waals surface area contributed by atoms with Gasteiger partial charge in [0.05, 0.1) is 0 Å². The summed E-state index contributed by atoms with van der Waals surface area (Å²) in [4.78, 5) is 0. The van der Waals surface area contributed by atoms with Crippen molar-refractivity contribution in [2.75, 3.05) is 0 Å². The van der Waals surface area contributed by atoms with E-state index in [1.807, 2.05) is 0 Å². The van der Waals surface area contributed by atoms with Crippen LogP contribution in [-0.2, 0) is 0 Å². The molecule has 3 nitrogen and oxygen atoms in total. The maximum absolute atomic E-state index is 12.4. The van der Waals surface area contributed by atoms with Gasteiger partial charge in [-0.2, -0.15) is 0 Å². The molecule has 15 heavy (non-hydrogen) atoms. The van der Waals surface area contributed by atoms with Gasteiger partial charge in [0.25, 0.3) is 0 Å². The van der Waals surface area contributed by atoms with E-state index in [1.54, 1.807) is 6.92 Å². The first kappa shape index (κ1) is 13.2. The van der Waals surface area contributed by atoms with Gasteiger partial charge >= 0.3 is 58.4 Å². The van der Waals surface area contributed by atoms with Crippen LogP contribution in [0.1, 0.15) is 5.82 Å². The molecule has 0 N–H and O–H groups in total. The van der Waals surface area contributed by atoms with E-state index in [0.717, 1.165) is 12.3 Å². The predicted octanol–water partition coefficient (Wildman–Crippen LogP) is -1.90. The fourth-order valence-electron chi connectivity index (χ4n) is 1.22. The Labute approximate surface area is 127 Å². The number of fused-ring (bicyclic) bond motifs is 1. The molecule has 0 amide bonds. The molecule has 0 aromatic carbocycles. The van der Waals surface area contributed by atoms with Crippen molar-refractivity contribution in [1.29, 1.82) is 0 Å². The zero-order chi connectivity index (χ0) is 10.3. The van der Waals surface area contributed by atoms with E-state index < -0.39 is 12.4 Å². The molecule has 74 valence electrons. The molecule has 2 aromatic heterocycles. The van der Waals surface area contributed by atoms with Gasteiger partial charge in [0.1, 0.15) is 5.82 Å². The Morgan fingerprint density at radius 1 is 1.20 bits per heavy atom. The van der Waals surface area contributed by atoms with E-state index in [0.29, 0.717) is 11.5 Å². The molecule has 0 aliphatic rings. The minimum Gasteiger partial charge on any atom is -0.445 e. The van der Waals surface area contributed by atoms with Crippen LogP contribution in [-0.4, -0.2) is 21.6 Å². The maximum Gasteiger partial charge on any atom is 1.00 e. The van der Waals surface area contributed by atoms with Gasteiger partial charge in [-0.05, 0) is 19.2 Å². The summed E-state index contributed by atoms with van der Waals surface area (Å²) < 4.78 is 38.4. The van der Waals surface area contributed by atoms with Crippen molar-refractivity contribution < 1.29 is 64.3 Å². The third-order valence-corrected chi connectivity index (χ3v) is 1.97. The van der Waals surface area contributed by atoms with Gasteiger partial charge in [-0.15, -0.1) is 10.2 Å². The average molecular weight is 239 g/mol. The van der Waals surface area contributed by atoms with Crippen LogP contribution in [0.4, 0.5) is 12.9 Å². The van der Waals surface area contributed by atoms with Crippen molar-refractivity contribution in [3.8, 4) is 0 Å². The van der Waals surface area contributed by atoms with Crippen molar-refractivity contribution >= 4 is 18.1 Å². The first-order valence-corrected chi connectivity index (χ1v) is 4.00.